The summed E-state index contributed by atoms with van der Waals surface area (Å²) in [7, 11) is 0. The highest BCUT2D eigenvalue weighted by Crippen LogP contribution is 2.20. The molecule has 0 bridgehead atoms. The van der Waals surface area contributed by atoms with Gasteiger partial charge >= 0.3 is 0 Å². The minimum atomic E-state index is 0.223. The molecular formula is C17H19N3O. The monoisotopic (exact) mass is 281 g/mol. The van der Waals surface area contributed by atoms with Crippen molar-refractivity contribution in [2.45, 2.75) is 38.8 Å². The molecule has 3 rings (SSSR count). The van der Waals surface area contributed by atoms with Crippen molar-refractivity contribution < 1.29 is 4.79 Å². The van der Waals surface area contributed by atoms with E-state index in [9.17, 15) is 4.79 Å². The van der Waals surface area contributed by atoms with Gasteiger partial charge in [0.05, 0.1) is 12.2 Å². The molecule has 0 saturated carbocycles. The summed E-state index contributed by atoms with van der Waals surface area (Å²) in [6.45, 7) is 1.29. The third-order valence-corrected chi connectivity index (χ3v) is 3.88. The van der Waals surface area contributed by atoms with Gasteiger partial charge in [0.2, 0.25) is 5.91 Å². The molecule has 1 aliphatic heterocycles. The summed E-state index contributed by atoms with van der Waals surface area (Å²) in [5.41, 5.74) is 3.41. The number of hydrogen-bond acceptors (Lipinski definition) is 3. The number of fused-ring (bicyclic) bond motifs is 1. The first kappa shape index (κ1) is 13.7. The summed E-state index contributed by atoms with van der Waals surface area (Å²) in [6.07, 6.45) is 7.01. The quantitative estimate of drug-likeness (QED) is 0.792. The van der Waals surface area contributed by atoms with Crippen LogP contribution in [0.15, 0.2) is 42.9 Å². The van der Waals surface area contributed by atoms with Gasteiger partial charge in [0.25, 0.3) is 0 Å². The Bertz CT molecular complexity index is 587. The van der Waals surface area contributed by atoms with E-state index in [0.29, 0.717) is 19.5 Å². The van der Waals surface area contributed by atoms with E-state index in [-0.39, 0.29) is 5.91 Å². The molecule has 4 nitrogen and oxygen atoms in total. The Morgan fingerprint density at radius 2 is 2.00 bits per heavy atom. The number of aromatic nitrogens is 2. The second kappa shape index (κ2) is 6.48. The van der Waals surface area contributed by atoms with Crippen LogP contribution in [0.25, 0.3) is 0 Å². The first-order valence-electron chi connectivity index (χ1n) is 7.42. The third kappa shape index (κ3) is 3.45. The normalized spacial score (nSPS) is 13.2. The van der Waals surface area contributed by atoms with Crippen molar-refractivity contribution in [2.24, 2.45) is 0 Å². The van der Waals surface area contributed by atoms with Gasteiger partial charge in [0, 0.05) is 24.7 Å². The summed E-state index contributed by atoms with van der Waals surface area (Å²) in [4.78, 5) is 22.3. The second-order valence-corrected chi connectivity index (χ2v) is 5.44. The lowest BCUT2D eigenvalue weighted by Crippen LogP contribution is -2.25. The first-order valence-corrected chi connectivity index (χ1v) is 7.42. The predicted octanol–water partition coefficient (Wildman–Crippen LogP) is 2.73. The maximum absolute atomic E-state index is 12.2. The Morgan fingerprint density at radius 1 is 1.14 bits per heavy atom. The summed E-state index contributed by atoms with van der Waals surface area (Å²) in [6, 6.07) is 10.4. The van der Waals surface area contributed by atoms with Crippen LogP contribution in [0.2, 0.25) is 0 Å². The standard InChI is InChI=1S/C17H19N3O/c21-17(9-5-4-8-14-6-2-1-3-7-14)20-11-15-10-18-13-19-16(15)12-20/h1-3,6-7,10,13H,4-5,8-9,11-12H2. The number of nitrogens with zero attached hydrogens (tertiary/aromatic N) is 3. The van der Waals surface area contributed by atoms with Gasteiger partial charge < -0.3 is 4.90 Å². The molecular weight excluding hydrogens is 262 g/mol. The van der Waals surface area contributed by atoms with Gasteiger partial charge in [-0.15, -0.1) is 0 Å². The largest absolute Gasteiger partial charge is 0.332 e. The number of benzene rings is 1. The van der Waals surface area contributed by atoms with E-state index in [1.807, 2.05) is 17.2 Å². The zero-order valence-corrected chi connectivity index (χ0v) is 12.0. The van der Waals surface area contributed by atoms with Gasteiger partial charge in [0.1, 0.15) is 6.33 Å². The van der Waals surface area contributed by atoms with Gasteiger partial charge in [-0.05, 0) is 24.8 Å². The third-order valence-electron chi connectivity index (χ3n) is 3.88. The van der Waals surface area contributed by atoms with Gasteiger partial charge in [0.15, 0.2) is 0 Å². The highest BCUT2D eigenvalue weighted by atomic mass is 16.2. The Morgan fingerprint density at radius 3 is 2.81 bits per heavy atom. The van der Waals surface area contributed by atoms with E-state index in [2.05, 4.69) is 34.2 Å². The second-order valence-electron chi connectivity index (χ2n) is 5.44. The highest BCUT2D eigenvalue weighted by molar-refractivity contribution is 5.76. The predicted molar refractivity (Wildman–Crippen MR) is 80.3 cm³/mol. The van der Waals surface area contributed by atoms with Crippen LogP contribution < -0.4 is 0 Å². The molecule has 0 fully saturated rings. The Labute approximate surface area is 124 Å². The molecule has 0 atom stereocenters. The van der Waals surface area contributed by atoms with E-state index in [4.69, 9.17) is 0 Å². The number of hydrogen-bond donors (Lipinski definition) is 0. The van der Waals surface area contributed by atoms with Gasteiger partial charge in [-0.3, -0.25) is 4.79 Å². The summed E-state index contributed by atoms with van der Waals surface area (Å²) in [5, 5.41) is 0. The van der Waals surface area contributed by atoms with E-state index >= 15 is 0 Å². The van der Waals surface area contributed by atoms with E-state index in [0.717, 1.165) is 30.5 Å². The molecule has 0 radical (unpaired) electrons. The van der Waals surface area contributed by atoms with Crippen molar-refractivity contribution in [3.63, 3.8) is 0 Å². The first-order chi connectivity index (χ1) is 10.3. The van der Waals surface area contributed by atoms with Gasteiger partial charge in [-0.1, -0.05) is 30.3 Å². The molecule has 4 heteroatoms. The fraction of sp³-hybridized carbons (Fsp3) is 0.353. The molecule has 0 unspecified atom stereocenters. The Kier molecular flexibility index (Phi) is 4.24. The molecule has 1 amide bonds. The smallest absolute Gasteiger partial charge is 0.223 e. The van der Waals surface area contributed by atoms with Crippen molar-refractivity contribution in [3.8, 4) is 0 Å². The summed E-state index contributed by atoms with van der Waals surface area (Å²) < 4.78 is 0. The number of unbranched alkanes of at least 4 members (excludes halogenated alkanes) is 1. The molecule has 0 N–H and O–H groups in total. The Hall–Kier alpha value is -2.23. The summed E-state index contributed by atoms with van der Waals surface area (Å²) >= 11 is 0. The van der Waals surface area contributed by atoms with Gasteiger partial charge in [-0.2, -0.15) is 0 Å². The van der Waals surface area contributed by atoms with E-state index in [1.165, 1.54) is 5.56 Å². The lowest BCUT2D eigenvalue weighted by molar-refractivity contribution is -0.131. The molecule has 1 aromatic carbocycles. The molecule has 1 aliphatic rings. The zero-order valence-electron chi connectivity index (χ0n) is 12.0. The number of amides is 1. The fourth-order valence-corrected chi connectivity index (χ4v) is 2.69. The SMILES string of the molecule is O=C(CCCCc1ccccc1)N1Cc2cncnc2C1. The van der Waals surface area contributed by atoms with Crippen molar-refractivity contribution in [1.29, 1.82) is 0 Å². The molecule has 1 aromatic heterocycles. The van der Waals surface area contributed by atoms with Crippen LogP contribution in [0.1, 0.15) is 36.1 Å². The Balaban J connectivity index is 1.42. The van der Waals surface area contributed by atoms with Crippen LogP contribution in [0, 0.1) is 0 Å². The maximum Gasteiger partial charge on any atom is 0.223 e. The molecule has 108 valence electrons. The maximum atomic E-state index is 12.2. The van der Waals surface area contributed by atoms with Crippen LogP contribution in [0.5, 0.6) is 0 Å². The van der Waals surface area contributed by atoms with Crippen molar-refractivity contribution >= 4 is 5.91 Å². The average molecular weight is 281 g/mol. The van der Waals surface area contributed by atoms with Crippen LogP contribution in [-0.2, 0) is 24.3 Å². The molecule has 0 aliphatic carbocycles. The molecule has 0 spiro atoms. The lowest BCUT2D eigenvalue weighted by Gasteiger charge is -2.14. The van der Waals surface area contributed by atoms with E-state index < -0.39 is 0 Å². The number of carbonyl (C=O) groups excluding carboxylic acids is 1. The zero-order chi connectivity index (χ0) is 14.5. The van der Waals surface area contributed by atoms with E-state index in [1.54, 1.807) is 6.33 Å². The topological polar surface area (TPSA) is 46.1 Å². The number of aryl methyl sites for hydroxylation is 1. The minimum absolute atomic E-state index is 0.223. The fourth-order valence-electron chi connectivity index (χ4n) is 2.69. The van der Waals surface area contributed by atoms with Crippen LogP contribution in [0.4, 0.5) is 0 Å². The van der Waals surface area contributed by atoms with Crippen LogP contribution >= 0.6 is 0 Å². The lowest BCUT2D eigenvalue weighted by atomic mass is 10.1. The number of carbonyl (C=O) groups is 1. The number of rotatable bonds is 5. The molecule has 21 heavy (non-hydrogen) atoms. The van der Waals surface area contributed by atoms with Crippen LogP contribution in [-0.4, -0.2) is 20.8 Å². The average Bonchev–Trinajstić information content (AvgIpc) is 2.96. The molecule has 0 saturated heterocycles. The van der Waals surface area contributed by atoms with Crippen LogP contribution in [0.3, 0.4) is 0 Å². The highest BCUT2D eigenvalue weighted by Gasteiger charge is 2.23. The molecule has 2 aromatic rings. The minimum Gasteiger partial charge on any atom is -0.332 e. The van der Waals surface area contributed by atoms with Crippen molar-refractivity contribution in [3.05, 3.63) is 59.7 Å². The van der Waals surface area contributed by atoms with Crippen molar-refractivity contribution in [1.82, 2.24) is 14.9 Å². The van der Waals surface area contributed by atoms with Gasteiger partial charge in [-0.25, -0.2) is 9.97 Å². The summed E-state index contributed by atoms with van der Waals surface area (Å²) in [5.74, 6) is 0.223. The van der Waals surface area contributed by atoms with Crippen molar-refractivity contribution in [2.75, 3.05) is 0 Å². The molecule has 2 heterocycles.